The van der Waals surface area contributed by atoms with Crippen LogP contribution in [0.1, 0.15) is 37.8 Å². The van der Waals surface area contributed by atoms with Crippen molar-refractivity contribution in [2.24, 2.45) is 5.92 Å². The Hall–Kier alpha value is -2.67. The second kappa shape index (κ2) is 8.78. The number of amides is 1. The first-order chi connectivity index (χ1) is 14.2. The highest BCUT2D eigenvalue weighted by molar-refractivity contribution is 7.22. The van der Waals surface area contributed by atoms with Gasteiger partial charge in [-0.15, -0.1) is 0 Å². The summed E-state index contributed by atoms with van der Waals surface area (Å²) in [7, 11) is 3.26. The number of anilines is 1. The van der Waals surface area contributed by atoms with Gasteiger partial charge in [-0.3, -0.25) is 14.7 Å². The minimum absolute atomic E-state index is 0.0447. The Morgan fingerprint density at radius 2 is 1.86 bits per heavy atom. The highest BCUT2D eigenvalue weighted by Gasteiger charge is 2.30. The normalized spacial score (nSPS) is 14.7. The van der Waals surface area contributed by atoms with Gasteiger partial charge < -0.3 is 9.47 Å². The molecule has 0 N–H and O–H groups in total. The molecule has 0 saturated heterocycles. The molecule has 2 heterocycles. The molecule has 0 aliphatic heterocycles. The monoisotopic (exact) mass is 411 g/mol. The van der Waals surface area contributed by atoms with Crippen molar-refractivity contribution in [2.45, 2.75) is 38.6 Å². The first-order valence-electron chi connectivity index (χ1n) is 9.94. The van der Waals surface area contributed by atoms with Crippen molar-refractivity contribution < 1.29 is 14.3 Å². The lowest BCUT2D eigenvalue weighted by Gasteiger charge is -2.27. The van der Waals surface area contributed by atoms with Crippen LogP contribution in [0.5, 0.6) is 11.5 Å². The third-order valence-electron chi connectivity index (χ3n) is 5.40. The van der Waals surface area contributed by atoms with E-state index in [2.05, 4.69) is 4.98 Å². The van der Waals surface area contributed by atoms with Gasteiger partial charge in [0.15, 0.2) is 5.13 Å². The van der Waals surface area contributed by atoms with Crippen LogP contribution in [-0.2, 0) is 11.3 Å². The van der Waals surface area contributed by atoms with Crippen LogP contribution in [0.2, 0.25) is 0 Å². The van der Waals surface area contributed by atoms with E-state index in [1.54, 1.807) is 25.3 Å². The molecule has 6 nitrogen and oxygen atoms in total. The van der Waals surface area contributed by atoms with E-state index < -0.39 is 0 Å². The fourth-order valence-electron chi connectivity index (χ4n) is 3.85. The number of thiazole rings is 1. The summed E-state index contributed by atoms with van der Waals surface area (Å²) in [5.74, 6) is 1.58. The molecule has 0 atom stereocenters. The lowest BCUT2D eigenvalue weighted by atomic mass is 9.88. The van der Waals surface area contributed by atoms with E-state index in [9.17, 15) is 4.79 Å². The van der Waals surface area contributed by atoms with Crippen molar-refractivity contribution in [1.82, 2.24) is 9.97 Å². The van der Waals surface area contributed by atoms with Crippen LogP contribution in [0.25, 0.3) is 10.2 Å². The minimum Gasteiger partial charge on any atom is -0.495 e. The zero-order chi connectivity index (χ0) is 20.2. The molecule has 0 bridgehead atoms. The molecule has 1 aromatic carbocycles. The fraction of sp³-hybridized carbons (Fsp3) is 0.409. The number of fused-ring (bicyclic) bond motifs is 1. The summed E-state index contributed by atoms with van der Waals surface area (Å²) in [5.41, 5.74) is 1.56. The molecule has 0 radical (unpaired) electrons. The van der Waals surface area contributed by atoms with Gasteiger partial charge in [-0.2, -0.15) is 0 Å². The molecule has 1 aliphatic rings. The SMILES string of the molecule is COc1ccc(OC)c2sc(N(Cc3ccccn3)C(=O)C3CCCCC3)nc12. The van der Waals surface area contributed by atoms with Gasteiger partial charge in [0.2, 0.25) is 5.91 Å². The number of hydrogen-bond donors (Lipinski definition) is 0. The van der Waals surface area contributed by atoms with E-state index in [0.29, 0.717) is 22.9 Å². The van der Waals surface area contributed by atoms with E-state index >= 15 is 0 Å². The number of methoxy groups -OCH3 is 2. The zero-order valence-corrected chi connectivity index (χ0v) is 17.6. The van der Waals surface area contributed by atoms with Crippen LogP contribution >= 0.6 is 11.3 Å². The summed E-state index contributed by atoms with van der Waals surface area (Å²) < 4.78 is 11.9. The molecule has 1 saturated carbocycles. The second-order valence-electron chi connectivity index (χ2n) is 7.22. The zero-order valence-electron chi connectivity index (χ0n) is 16.8. The topological polar surface area (TPSA) is 64.6 Å². The van der Waals surface area contributed by atoms with Gasteiger partial charge in [-0.1, -0.05) is 36.7 Å². The first kappa shape index (κ1) is 19.6. The summed E-state index contributed by atoms with van der Waals surface area (Å²) in [6.45, 7) is 0.403. The first-order valence-corrected chi connectivity index (χ1v) is 10.8. The molecule has 7 heteroatoms. The third-order valence-corrected chi connectivity index (χ3v) is 6.49. The van der Waals surface area contributed by atoms with Crippen LogP contribution < -0.4 is 14.4 Å². The molecule has 1 aliphatic carbocycles. The number of ether oxygens (including phenoxy) is 2. The number of aromatic nitrogens is 2. The average molecular weight is 412 g/mol. The Bertz CT molecular complexity index is 943. The Labute approximate surface area is 174 Å². The molecule has 0 unspecified atom stereocenters. The van der Waals surface area contributed by atoms with E-state index in [-0.39, 0.29) is 11.8 Å². The average Bonchev–Trinajstić information content (AvgIpc) is 3.23. The smallest absolute Gasteiger partial charge is 0.232 e. The Kier molecular flexibility index (Phi) is 5.94. The van der Waals surface area contributed by atoms with Crippen molar-refractivity contribution >= 4 is 32.6 Å². The minimum atomic E-state index is 0.0447. The van der Waals surface area contributed by atoms with Gasteiger partial charge in [0.25, 0.3) is 0 Å². The number of carbonyl (C=O) groups excluding carboxylic acids is 1. The number of hydrogen-bond acceptors (Lipinski definition) is 6. The van der Waals surface area contributed by atoms with Crippen LogP contribution in [-0.4, -0.2) is 30.1 Å². The fourth-order valence-corrected chi connectivity index (χ4v) is 4.93. The molecule has 1 amide bonds. The number of nitrogens with zero attached hydrogens (tertiary/aromatic N) is 3. The van der Waals surface area contributed by atoms with Gasteiger partial charge in [0, 0.05) is 12.1 Å². The van der Waals surface area contributed by atoms with Crippen LogP contribution in [0.3, 0.4) is 0 Å². The van der Waals surface area contributed by atoms with Crippen molar-refractivity contribution in [3.63, 3.8) is 0 Å². The summed E-state index contributed by atoms with van der Waals surface area (Å²) in [4.78, 5) is 24.5. The molecule has 0 spiro atoms. The van der Waals surface area contributed by atoms with Gasteiger partial charge in [-0.25, -0.2) is 4.98 Å². The largest absolute Gasteiger partial charge is 0.495 e. The Morgan fingerprint density at radius 3 is 2.55 bits per heavy atom. The second-order valence-corrected chi connectivity index (χ2v) is 8.20. The molecule has 4 rings (SSSR count). The Morgan fingerprint density at radius 1 is 1.10 bits per heavy atom. The maximum atomic E-state index is 13.5. The molecule has 29 heavy (non-hydrogen) atoms. The van der Waals surface area contributed by atoms with Gasteiger partial charge >= 0.3 is 0 Å². The molecule has 2 aromatic heterocycles. The highest BCUT2D eigenvalue weighted by Crippen LogP contribution is 2.41. The number of pyridine rings is 1. The summed E-state index contributed by atoms with van der Waals surface area (Å²) >= 11 is 1.46. The van der Waals surface area contributed by atoms with Crippen LogP contribution in [0.15, 0.2) is 36.5 Å². The van der Waals surface area contributed by atoms with E-state index in [1.165, 1.54) is 17.8 Å². The molecular formula is C22H25N3O3S. The van der Waals surface area contributed by atoms with E-state index in [0.717, 1.165) is 41.8 Å². The maximum absolute atomic E-state index is 13.5. The quantitative estimate of drug-likeness (QED) is 0.582. The van der Waals surface area contributed by atoms with Crippen molar-refractivity contribution in [2.75, 3.05) is 19.1 Å². The third kappa shape index (κ3) is 4.05. The maximum Gasteiger partial charge on any atom is 0.232 e. The van der Waals surface area contributed by atoms with E-state index in [4.69, 9.17) is 14.5 Å². The lowest BCUT2D eigenvalue weighted by molar-refractivity contribution is -0.123. The standard InChI is InChI=1S/C22H25N3O3S/c1-27-17-11-12-18(28-2)20-19(17)24-22(29-20)25(14-16-10-6-7-13-23-16)21(26)15-8-4-3-5-9-15/h6-7,10-13,15H,3-5,8-9,14H2,1-2H3. The molecule has 152 valence electrons. The number of benzene rings is 1. The number of carbonyl (C=O) groups is 1. The molecule has 1 fully saturated rings. The van der Waals surface area contributed by atoms with Gasteiger partial charge in [-0.05, 0) is 37.1 Å². The highest BCUT2D eigenvalue weighted by atomic mass is 32.1. The van der Waals surface area contributed by atoms with Crippen molar-refractivity contribution in [3.8, 4) is 11.5 Å². The van der Waals surface area contributed by atoms with Crippen LogP contribution in [0, 0.1) is 5.92 Å². The lowest BCUT2D eigenvalue weighted by Crippen LogP contribution is -2.36. The Balaban J connectivity index is 1.76. The van der Waals surface area contributed by atoms with Crippen molar-refractivity contribution in [1.29, 1.82) is 0 Å². The predicted octanol–water partition coefficient (Wildman–Crippen LogP) is 4.82. The van der Waals surface area contributed by atoms with Gasteiger partial charge in [0.1, 0.15) is 21.7 Å². The molecular weight excluding hydrogens is 386 g/mol. The number of rotatable bonds is 6. The predicted molar refractivity (Wildman–Crippen MR) is 115 cm³/mol. The van der Waals surface area contributed by atoms with E-state index in [1.807, 2.05) is 30.3 Å². The summed E-state index contributed by atoms with van der Waals surface area (Å²) in [6, 6.07) is 9.47. The molecule has 3 aromatic rings. The van der Waals surface area contributed by atoms with Crippen LogP contribution in [0.4, 0.5) is 5.13 Å². The van der Waals surface area contributed by atoms with Gasteiger partial charge in [0.05, 0.1) is 26.5 Å². The van der Waals surface area contributed by atoms with Crippen molar-refractivity contribution in [3.05, 3.63) is 42.2 Å². The summed E-state index contributed by atoms with van der Waals surface area (Å²) in [6.07, 6.45) is 7.05. The summed E-state index contributed by atoms with van der Waals surface area (Å²) in [5, 5.41) is 0.657.